The zero-order valence-electron chi connectivity index (χ0n) is 12.6. The summed E-state index contributed by atoms with van der Waals surface area (Å²) < 4.78 is 6.72. The van der Waals surface area contributed by atoms with E-state index < -0.39 is 0 Å². The third kappa shape index (κ3) is 5.57. The second-order valence-electron chi connectivity index (χ2n) is 5.34. The number of rotatable bonds is 8. The van der Waals surface area contributed by atoms with Gasteiger partial charge in [0.1, 0.15) is 6.10 Å². The van der Waals surface area contributed by atoms with E-state index in [1.165, 1.54) is 4.90 Å². The number of benzene rings is 1. The first-order valence-corrected chi connectivity index (χ1v) is 9.49. The zero-order chi connectivity index (χ0) is 15.8. The number of carbonyl (C=O) groups is 1. The molecule has 1 heterocycles. The molecule has 1 aliphatic rings. The van der Waals surface area contributed by atoms with Crippen LogP contribution in [-0.4, -0.2) is 37.0 Å². The van der Waals surface area contributed by atoms with Crippen LogP contribution in [0.4, 0.5) is 0 Å². The lowest BCUT2D eigenvalue weighted by atomic mass is 10.2. The second-order valence-corrected chi connectivity index (χ2v) is 7.33. The maximum Gasteiger partial charge on any atom is 0.249 e. The topological polar surface area (TPSA) is 64.4 Å². The van der Waals surface area contributed by atoms with Gasteiger partial charge >= 0.3 is 0 Å². The van der Waals surface area contributed by atoms with Crippen molar-refractivity contribution in [3.8, 4) is 0 Å². The summed E-state index contributed by atoms with van der Waals surface area (Å²) in [6.45, 7) is 1.21. The molecule has 1 saturated heterocycles. The van der Waals surface area contributed by atoms with Gasteiger partial charge in [-0.05, 0) is 59.5 Å². The Bertz CT molecular complexity index is 487. The molecule has 0 saturated carbocycles. The summed E-state index contributed by atoms with van der Waals surface area (Å²) in [7, 11) is 0. The summed E-state index contributed by atoms with van der Waals surface area (Å²) in [5.74, 6) is 1.06. The van der Waals surface area contributed by atoms with Gasteiger partial charge in [0.15, 0.2) is 0 Å². The van der Waals surface area contributed by atoms with Crippen LogP contribution < -0.4 is 11.1 Å². The van der Waals surface area contributed by atoms with Crippen molar-refractivity contribution in [1.82, 2.24) is 5.32 Å². The molecule has 2 atom stereocenters. The first-order valence-electron chi connectivity index (χ1n) is 7.71. The molecule has 0 spiro atoms. The number of hydrogen-bond donors (Lipinski definition) is 2. The average molecular weight is 387 g/mol. The zero-order valence-corrected chi connectivity index (χ0v) is 15.0. The molecule has 1 fully saturated rings. The lowest BCUT2D eigenvalue weighted by Crippen LogP contribution is -2.36. The highest BCUT2D eigenvalue weighted by Gasteiger charge is 2.29. The number of carbonyl (C=O) groups excluding carboxylic acids is 1. The summed E-state index contributed by atoms with van der Waals surface area (Å²) in [4.78, 5) is 13.2. The Morgan fingerprint density at radius 1 is 1.36 bits per heavy atom. The van der Waals surface area contributed by atoms with Crippen molar-refractivity contribution in [2.24, 2.45) is 5.73 Å². The lowest BCUT2D eigenvalue weighted by molar-refractivity contribution is -0.131. The standard InChI is InChI=1S/C16H23BrN2O2S/c17-13-5-1-2-6-15(13)22-10-4-3-9-19-16(20)14-8-7-12(11-18)21-14/h1-2,5-6,12,14H,3-4,7-11,18H2,(H,19,20)/t12-,14+/m1/s1. The maximum atomic E-state index is 11.9. The van der Waals surface area contributed by atoms with Crippen molar-refractivity contribution in [2.75, 3.05) is 18.8 Å². The molecule has 4 nitrogen and oxygen atoms in total. The van der Waals surface area contributed by atoms with Crippen LogP contribution in [0.3, 0.4) is 0 Å². The molecule has 0 unspecified atom stereocenters. The summed E-state index contributed by atoms with van der Waals surface area (Å²) in [5.41, 5.74) is 5.55. The monoisotopic (exact) mass is 386 g/mol. The molecule has 0 bridgehead atoms. The fourth-order valence-corrected chi connectivity index (χ4v) is 3.95. The fraction of sp³-hybridized carbons (Fsp3) is 0.562. The number of nitrogens with two attached hydrogens (primary N) is 1. The van der Waals surface area contributed by atoms with Crippen LogP contribution in [0.15, 0.2) is 33.6 Å². The highest BCUT2D eigenvalue weighted by atomic mass is 79.9. The van der Waals surface area contributed by atoms with E-state index in [0.29, 0.717) is 13.1 Å². The fourth-order valence-electron chi connectivity index (χ4n) is 2.37. The summed E-state index contributed by atoms with van der Waals surface area (Å²) >= 11 is 5.38. The quantitative estimate of drug-likeness (QED) is 0.532. The van der Waals surface area contributed by atoms with Gasteiger partial charge in [0.25, 0.3) is 0 Å². The Hall–Kier alpha value is -0.560. The van der Waals surface area contributed by atoms with E-state index in [4.69, 9.17) is 10.5 Å². The van der Waals surface area contributed by atoms with E-state index in [1.807, 2.05) is 23.9 Å². The molecule has 0 aliphatic carbocycles. The van der Waals surface area contributed by atoms with Crippen LogP contribution in [-0.2, 0) is 9.53 Å². The van der Waals surface area contributed by atoms with E-state index >= 15 is 0 Å². The van der Waals surface area contributed by atoms with Gasteiger partial charge in [0, 0.05) is 22.5 Å². The normalized spacial score (nSPS) is 21.0. The number of ether oxygens (including phenoxy) is 1. The number of halogens is 1. The van der Waals surface area contributed by atoms with Crippen LogP contribution >= 0.6 is 27.7 Å². The predicted molar refractivity (Wildman–Crippen MR) is 94.1 cm³/mol. The molecule has 1 amide bonds. The van der Waals surface area contributed by atoms with Crippen LogP contribution in [0.25, 0.3) is 0 Å². The van der Waals surface area contributed by atoms with Gasteiger partial charge in [-0.15, -0.1) is 11.8 Å². The Labute approximate surface area is 144 Å². The maximum absolute atomic E-state index is 11.9. The van der Waals surface area contributed by atoms with Gasteiger partial charge in [-0.1, -0.05) is 12.1 Å². The molecular weight excluding hydrogens is 364 g/mol. The highest BCUT2D eigenvalue weighted by Crippen LogP contribution is 2.27. The summed E-state index contributed by atoms with van der Waals surface area (Å²) in [6.07, 6.45) is 3.47. The van der Waals surface area contributed by atoms with E-state index in [9.17, 15) is 4.79 Å². The first-order chi connectivity index (χ1) is 10.7. The molecule has 0 radical (unpaired) electrons. The minimum Gasteiger partial charge on any atom is -0.364 e. The minimum absolute atomic E-state index is 0.00871. The Kier molecular flexibility index (Phi) is 7.72. The smallest absolute Gasteiger partial charge is 0.249 e. The first kappa shape index (κ1) is 17.8. The van der Waals surface area contributed by atoms with Gasteiger partial charge in [0.05, 0.1) is 6.10 Å². The molecule has 0 aromatic heterocycles. The number of hydrogen-bond acceptors (Lipinski definition) is 4. The van der Waals surface area contributed by atoms with Crippen LogP contribution in [0.2, 0.25) is 0 Å². The van der Waals surface area contributed by atoms with Crippen LogP contribution in [0, 0.1) is 0 Å². The Morgan fingerprint density at radius 2 is 2.18 bits per heavy atom. The third-order valence-electron chi connectivity index (χ3n) is 3.63. The molecule has 1 aliphatic heterocycles. The van der Waals surface area contributed by atoms with Crippen molar-refractivity contribution in [3.63, 3.8) is 0 Å². The van der Waals surface area contributed by atoms with Gasteiger partial charge in [-0.2, -0.15) is 0 Å². The molecule has 6 heteroatoms. The second kappa shape index (κ2) is 9.55. The number of amides is 1. The number of unbranched alkanes of at least 4 members (excludes halogenated alkanes) is 1. The van der Waals surface area contributed by atoms with E-state index in [1.54, 1.807) is 0 Å². The summed E-state index contributed by atoms with van der Waals surface area (Å²) in [6, 6.07) is 8.23. The van der Waals surface area contributed by atoms with Crippen LogP contribution in [0.1, 0.15) is 25.7 Å². The Balaban J connectivity index is 1.54. The predicted octanol–water partition coefficient (Wildman–Crippen LogP) is 2.94. The molecule has 1 aromatic rings. The van der Waals surface area contributed by atoms with Gasteiger partial charge in [-0.25, -0.2) is 0 Å². The summed E-state index contributed by atoms with van der Waals surface area (Å²) in [5, 5.41) is 2.96. The third-order valence-corrected chi connectivity index (χ3v) is 5.74. The SMILES string of the molecule is NC[C@H]1CC[C@@H](C(=O)NCCCCSc2ccccc2Br)O1. The van der Waals surface area contributed by atoms with E-state index in [2.05, 4.69) is 33.4 Å². The molecule has 2 rings (SSSR count). The highest BCUT2D eigenvalue weighted by molar-refractivity contribution is 9.10. The van der Waals surface area contributed by atoms with E-state index in [-0.39, 0.29) is 18.1 Å². The Morgan fingerprint density at radius 3 is 2.91 bits per heavy atom. The molecule has 1 aromatic carbocycles. The van der Waals surface area contributed by atoms with Gasteiger partial charge in [0.2, 0.25) is 5.91 Å². The number of thioether (sulfide) groups is 1. The van der Waals surface area contributed by atoms with Gasteiger partial charge in [-0.3, -0.25) is 4.79 Å². The van der Waals surface area contributed by atoms with Crippen molar-refractivity contribution in [2.45, 2.75) is 42.8 Å². The van der Waals surface area contributed by atoms with Crippen molar-refractivity contribution >= 4 is 33.6 Å². The minimum atomic E-state index is -0.303. The van der Waals surface area contributed by atoms with Crippen molar-refractivity contribution < 1.29 is 9.53 Å². The molecule has 22 heavy (non-hydrogen) atoms. The van der Waals surface area contributed by atoms with Crippen molar-refractivity contribution in [3.05, 3.63) is 28.7 Å². The number of nitrogens with one attached hydrogen (secondary N) is 1. The van der Waals surface area contributed by atoms with Crippen molar-refractivity contribution in [1.29, 1.82) is 0 Å². The lowest BCUT2D eigenvalue weighted by Gasteiger charge is -2.12. The van der Waals surface area contributed by atoms with Crippen LogP contribution in [0.5, 0.6) is 0 Å². The molecular formula is C16H23BrN2O2S. The van der Waals surface area contributed by atoms with E-state index in [0.717, 1.165) is 35.9 Å². The average Bonchev–Trinajstić information content (AvgIpc) is 3.01. The molecule has 122 valence electrons. The largest absolute Gasteiger partial charge is 0.364 e. The van der Waals surface area contributed by atoms with Gasteiger partial charge < -0.3 is 15.8 Å². The molecule has 3 N–H and O–H groups in total.